The van der Waals surface area contributed by atoms with Crippen LogP contribution in [0.3, 0.4) is 0 Å². The van der Waals surface area contributed by atoms with Gasteiger partial charge in [-0.2, -0.15) is 0 Å². The van der Waals surface area contributed by atoms with Gasteiger partial charge in [-0.05, 0) is 55.7 Å². The minimum Gasteiger partial charge on any atom is -0.494 e. The number of amides is 1. The lowest BCUT2D eigenvalue weighted by Crippen LogP contribution is -2.32. The van der Waals surface area contributed by atoms with Crippen LogP contribution in [0, 0.1) is 0 Å². The Bertz CT molecular complexity index is 1090. The number of Topliss-reactive ketones (excluding diaryl/α,β-unsaturated/α-hetero) is 1. The fraction of sp³-hybridized carbons (Fsp3) is 0.273. The van der Waals surface area contributed by atoms with Crippen LogP contribution in [-0.4, -0.2) is 28.9 Å². The van der Waals surface area contributed by atoms with E-state index < -0.39 is 11.7 Å². The third-order valence-electron chi connectivity index (χ3n) is 4.88. The normalized spacial score (nSPS) is 13.5. The number of hydrogen-bond donors (Lipinski definition) is 1. The number of carbonyl (C=O) groups excluding carboxylic acids is 2. The molecule has 29 heavy (non-hydrogen) atoms. The summed E-state index contributed by atoms with van der Waals surface area (Å²) in [5.41, 5.74) is 1.94. The number of nitrogens with one attached hydrogen (secondary N) is 1. The molecule has 1 saturated carbocycles. The van der Waals surface area contributed by atoms with Crippen molar-refractivity contribution in [2.75, 3.05) is 6.61 Å². The SMILES string of the molecule is CCOc1ccc2c(c1)c(C(=O)C(=O)NC1CC1)c(Cl)n2Cc1ccc(Cl)cc1. The number of rotatable bonds is 7. The molecule has 0 radical (unpaired) electrons. The van der Waals surface area contributed by atoms with E-state index in [-0.39, 0.29) is 16.8 Å². The maximum Gasteiger partial charge on any atom is 0.292 e. The van der Waals surface area contributed by atoms with Crippen molar-refractivity contribution in [2.24, 2.45) is 0 Å². The molecule has 1 aliphatic rings. The molecule has 5 nitrogen and oxygen atoms in total. The average molecular weight is 431 g/mol. The minimum atomic E-state index is -0.629. The van der Waals surface area contributed by atoms with Crippen molar-refractivity contribution in [3.8, 4) is 5.75 Å². The summed E-state index contributed by atoms with van der Waals surface area (Å²) in [5.74, 6) is -0.630. The number of fused-ring (bicyclic) bond motifs is 1. The van der Waals surface area contributed by atoms with E-state index >= 15 is 0 Å². The first-order valence-electron chi connectivity index (χ1n) is 9.52. The van der Waals surface area contributed by atoms with Crippen LogP contribution in [0.15, 0.2) is 42.5 Å². The molecular formula is C22H20Cl2N2O3. The zero-order valence-electron chi connectivity index (χ0n) is 15.9. The van der Waals surface area contributed by atoms with Gasteiger partial charge in [0.25, 0.3) is 11.7 Å². The molecule has 1 fully saturated rings. The molecule has 1 aliphatic carbocycles. The highest BCUT2D eigenvalue weighted by molar-refractivity contribution is 6.49. The number of ketones is 1. The molecule has 0 atom stereocenters. The standard InChI is InChI=1S/C22H20Cl2N2O3/c1-2-29-16-9-10-18-17(11-16)19(20(27)22(28)25-15-7-8-15)21(24)26(18)12-13-3-5-14(23)6-4-13/h3-6,9-11,15H,2,7-8,12H2,1H3,(H,25,28). The van der Waals surface area contributed by atoms with Crippen molar-refractivity contribution in [3.63, 3.8) is 0 Å². The van der Waals surface area contributed by atoms with Crippen LogP contribution in [0.2, 0.25) is 10.2 Å². The van der Waals surface area contributed by atoms with Gasteiger partial charge in [0.05, 0.1) is 17.7 Å². The van der Waals surface area contributed by atoms with Gasteiger partial charge in [0, 0.05) is 23.0 Å². The number of benzene rings is 2. The number of halogens is 2. The first kappa shape index (κ1) is 19.8. The van der Waals surface area contributed by atoms with E-state index in [4.69, 9.17) is 27.9 Å². The monoisotopic (exact) mass is 430 g/mol. The van der Waals surface area contributed by atoms with Gasteiger partial charge >= 0.3 is 0 Å². The smallest absolute Gasteiger partial charge is 0.292 e. The van der Waals surface area contributed by atoms with Gasteiger partial charge in [0.15, 0.2) is 0 Å². The zero-order valence-corrected chi connectivity index (χ0v) is 17.4. The Morgan fingerprint density at radius 3 is 2.52 bits per heavy atom. The van der Waals surface area contributed by atoms with Crippen molar-refractivity contribution in [1.82, 2.24) is 9.88 Å². The van der Waals surface area contributed by atoms with Gasteiger partial charge in [-0.25, -0.2) is 0 Å². The van der Waals surface area contributed by atoms with Crippen LogP contribution < -0.4 is 10.1 Å². The van der Waals surface area contributed by atoms with Gasteiger partial charge in [-0.1, -0.05) is 35.3 Å². The average Bonchev–Trinajstić information content (AvgIpc) is 3.48. The van der Waals surface area contributed by atoms with E-state index in [0.717, 1.165) is 23.9 Å². The Balaban J connectivity index is 1.80. The predicted molar refractivity (Wildman–Crippen MR) is 114 cm³/mol. The molecule has 0 saturated heterocycles. The Hall–Kier alpha value is -2.50. The van der Waals surface area contributed by atoms with Crippen molar-refractivity contribution in [2.45, 2.75) is 32.4 Å². The molecule has 0 bridgehead atoms. The van der Waals surface area contributed by atoms with E-state index in [1.165, 1.54) is 0 Å². The highest BCUT2D eigenvalue weighted by Crippen LogP contribution is 2.34. The summed E-state index contributed by atoms with van der Waals surface area (Å²) in [4.78, 5) is 25.4. The largest absolute Gasteiger partial charge is 0.494 e. The van der Waals surface area contributed by atoms with Gasteiger partial charge in [-0.3, -0.25) is 9.59 Å². The quantitative estimate of drug-likeness (QED) is 0.430. The minimum absolute atomic E-state index is 0.0895. The predicted octanol–water partition coefficient (Wildman–Crippen LogP) is 4.86. The molecule has 1 heterocycles. The van der Waals surface area contributed by atoms with Crippen molar-refractivity contribution in [3.05, 3.63) is 63.8 Å². The topological polar surface area (TPSA) is 60.3 Å². The van der Waals surface area contributed by atoms with Gasteiger partial charge in [0.1, 0.15) is 10.9 Å². The van der Waals surface area contributed by atoms with E-state index in [2.05, 4.69) is 5.32 Å². The van der Waals surface area contributed by atoms with Crippen LogP contribution in [0.5, 0.6) is 5.75 Å². The number of ether oxygens (including phenoxy) is 1. The summed E-state index contributed by atoms with van der Waals surface area (Å²) in [5, 5.41) is 4.23. The van der Waals surface area contributed by atoms with Crippen LogP contribution in [0.4, 0.5) is 0 Å². The lowest BCUT2D eigenvalue weighted by Gasteiger charge is -2.08. The Morgan fingerprint density at radius 2 is 1.86 bits per heavy atom. The first-order valence-corrected chi connectivity index (χ1v) is 10.3. The number of aromatic nitrogens is 1. The molecule has 1 aromatic heterocycles. The number of carbonyl (C=O) groups is 2. The van der Waals surface area contributed by atoms with E-state index in [0.29, 0.717) is 29.3 Å². The number of hydrogen-bond acceptors (Lipinski definition) is 3. The fourth-order valence-corrected chi connectivity index (χ4v) is 3.76. The van der Waals surface area contributed by atoms with Gasteiger partial charge in [-0.15, -0.1) is 0 Å². The summed E-state index contributed by atoms with van der Waals surface area (Å²) >= 11 is 12.6. The van der Waals surface area contributed by atoms with Crippen molar-refractivity contribution >= 4 is 45.8 Å². The molecule has 1 N–H and O–H groups in total. The summed E-state index contributed by atoms with van der Waals surface area (Å²) in [6.07, 6.45) is 1.80. The van der Waals surface area contributed by atoms with Crippen LogP contribution in [0.25, 0.3) is 10.9 Å². The van der Waals surface area contributed by atoms with Gasteiger partial charge in [0.2, 0.25) is 0 Å². The summed E-state index contributed by atoms with van der Waals surface area (Å²) in [6.45, 7) is 2.83. The fourth-order valence-electron chi connectivity index (χ4n) is 3.29. The van der Waals surface area contributed by atoms with E-state index in [1.807, 2.05) is 35.8 Å². The lowest BCUT2D eigenvalue weighted by molar-refractivity contribution is -0.117. The Labute approximate surface area is 178 Å². The second-order valence-electron chi connectivity index (χ2n) is 7.07. The second-order valence-corrected chi connectivity index (χ2v) is 7.86. The van der Waals surface area contributed by atoms with Gasteiger partial charge < -0.3 is 14.6 Å². The lowest BCUT2D eigenvalue weighted by atomic mass is 10.1. The Morgan fingerprint density at radius 1 is 1.14 bits per heavy atom. The maximum atomic E-state index is 13.0. The van der Waals surface area contributed by atoms with Crippen LogP contribution in [-0.2, 0) is 11.3 Å². The molecule has 7 heteroatoms. The maximum absolute atomic E-state index is 13.0. The third-order valence-corrected chi connectivity index (χ3v) is 5.53. The van der Waals surface area contributed by atoms with Crippen LogP contribution >= 0.6 is 23.2 Å². The summed E-state index contributed by atoms with van der Waals surface area (Å²) < 4.78 is 7.41. The highest BCUT2D eigenvalue weighted by atomic mass is 35.5. The molecule has 3 aromatic rings. The summed E-state index contributed by atoms with van der Waals surface area (Å²) in [7, 11) is 0. The van der Waals surface area contributed by atoms with E-state index in [1.54, 1.807) is 18.2 Å². The summed E-state index contributed by atoms with van der Waals surface area (Å²) in [6, 6.07) is 13.0. The highest BCUT2D eigenvalue weighted by Gasteiger charge is 2.31. The second kappa shape index (κ2) is 8.09. The number of nitrogens with zero attached hydrogens (tertiary/aromatic N) is 1. The molecule has 150 valence electrons. The molecule has 0 aliphatic heterocycles. The van der Waals surface area contributed by atoms with Crippen molar-refractivity contribution in [1.29, 1.82) is 0 Å². The Kier molecular flexibility index (Phi) is 5.52. The third kappa shape index (κ3) is 4.11. The molecule has 0 unspecified atom stereocenters. The zero-order chi connectivity index (χ0) is 20.5. The molecular weight excluding hydrogens is 411 g/mol. The molecule has 4 rings (SSSR count). The van der Waals surface area contributed by atoms with Crippen molar-refractivity contribution < 1.29 is 14.3 Å². The molecule has 2 aromatic carbocycles. The molecule has 1 amide bonds. The van der Waals surface area contributed by atoms with Crippen LogP contribution in [0.1, 0.15) is 35.7 Å². The first-order chi connectivity index (χ1) is 14.0. The molecule has 0 spiro atoms. The van der Waals surface area contributed by atoms with E-state index in [9.17, 15) is 9.59 Å².